The Kier molecular flexibility index (Phi) is 13.5. The SMILES string of the molecule is CCCCCCO[P+](=O)[O-].[Cr+2]. The van der Waals surface area contributed by atoms with Gasteiger partial charge in [-0.2, -0.15) is 0 Å². The molecule has 0 aromatic heterocycles. The molecule has 0 amide bonds. The maximum Gasteiger partial charge on any atom is 2.00 e. The van der Waals surface area contributed by atoms with Gasteiger partial charge in [-0.1, -0.05) is 26.2 Å². The summed E-state index contributed by atoms with van der Waals surface area (Å²) in [6.45, 7) is 2.45. The zero-order valence-electron chi connectivity index (χ0n) is 6.62. The fourth-order valence-electron chi connectivity index (χ4n) is 0.668. The van der Waals surface area contributed by atoms with Gasteiger partial charge >= 0.3 is 25.6 Å². The molecular formula is C6H13CrO3P+2. The zero-order valence-corrected chi connectivity index (χ0v) is 8.79. The molecule has 11 heavy (non-hydrogen) atoms. The monoisotopic (exact) mass is 216 g/mol. The van der Waals surface area contributed by atoms with E-state index in [0.29, 0.717) is 6.61 Å². The Morgan fingerprint density at radius 3 is 2.45 bits per heavy atom. The first-order valence-corrected chi connectivity index (χ1v) is 4.64. The first-order valence-electron chi connectivity index (χ1n) is 3.54. The van der Waals surface area contributed by atoms with Crippen molar-refractivity contribution in [1.82, 2.24) is 0 Å². The van der Waals surface area contributed by atoms with Crippen LogP contribution in [0.4, 0.5) is 0 Å². The summed E-state index contributed by atoms with van der Waals surface area (Å²) in [5, 5.41) is 0. The normalized spacial score (nSPS) is 10.5. The van der Waals surface area contributed by atoms with Gasteiger partial charge in [0.2, 0.25) is 0 Å². The Labute approximate surface area is 79.2 Å². The fourth-order valence-corrected chi connectivity index (χ4v) is 0.946. The molecule has 0 aliphatic carbocycles. The van der Waals surface area contributed by atoms with Gasteiger partial charge in [-0.15, -0.1) is 4.52 Å². The molecule has 0 saturated heterocycles. The third-order valence-corrected chi connectivity index (χ3v) is 1.59. The number of hydrogen-bond acceptors (Lipinski definition) is 3. The third kappa shape index (κ3) is 13.5. The van der Waals surface area contributed by atoms with Crippen molar-refractivity contribution >= 4 is 8.25 Å². The largest absolute Gasteiger partial charge is 2.00 e. The topological polar surface area (TPSA) is 49.4 Å². The van der Waals surface area contributed by atoms with E-state index in [-0.39, 0.29) is 17.4 Å². The van der Waals surface area contributed by atoms with Gasteiger partial charge in [0, 0.05) is 0 Å². The van der Waals surface area contributed by atoms with Crippen LogP contribution in [0.1, 0.15) is 32.6 Å². The summed E-state index contributed by atoms with van der Waals surface area (Å²) in [5.41, 5.74) is 0. The van der Waals surface area contributed by atoms with Gasteiger partial charge in [0.1, 0.15) is 6.61 Å². The van der Waals surface area contributed by atoms with Crippen LogP contribution in [0.5, 0.6) is 0 Å². The Balaban J connectivity index is 0. The fraction of sp³-hybridized carbons (Fsp3) is 1.00. The minimum atomic E-state index is -2.62. The van der Waals surface area contributed by atoms with Gasteiger partial charge in [-0.05, 0) is 11.0 Å². The van der Waals surface area contributed by atoms with E-state index in [2.05, 4.69) is 11.4 Å². The molecule has 1 atom stereocenters. The van der Waals surface area contributed by atoms with Crippen molar-refractivity contribution in [1.29, 1.82) is 0 Å². The smallest absolute Gasteiger partial charge is 0.566 e. The summed E-state index contributed by atoms with van der Waals surface area (Å²) < 4.78 is 14.2. The molecule has 0 N–H and O–H groups in total. The van der Waals surface area contributed by atoms with Crippen molar-refractivity contribution in [3.8, 4) is 0 Å². The summed E-state index contributed by atoms with van der Waals surface area (Å²) in [4.78, 5) is 9.85. The summed E-state index contributed by atoms with van der Waals surface area (Å²) >= 11 is 0. The average molecular weight is 216 g/mol. The van der Waals surface area contributed by atoms with E-state index in [1.807, 2.05) is 0 Å². The van der Waals surface area contributed by atoms with Crippen LogP contribution in [0.3, 0.4) is 0 Å². The van der Waals surface area contributed by atoms with Crippen molar-refractivity contribution in [2.75, 3.05) is 6.61 Å². The predicted molar refractivity (Wildman–Crippen MR) is 37.7 cm³/mol. The quantitative estimate of drug-likeness (QED) is 0.500. The van der Waals surface area contributed by atoms with E-state index in [0.717, 1.165) is 25.7 Å². The second kappa shape index (κ2) is 10.6. The van der Waals surface area contributed by atoms with Crippen molar-refractivity contribution in [3.05, 3.63) is 0 Å². The van der Waals surface area contributed by atoms with Crippen molar-refractivity contribution in [3.63, 3.8) is 0 Å². The van der Waals surface area contributed by atoms with Crippen LogP contribution in [0.2, 0.25) is 0 Å². The van der Waals surface area contributed by atoms with Crippen LogP contribution in [-0.2, 0) is 26.4 Å². The van der Waals surface area contributed by atoms with E-state index in [4.69, 9.17) is 0 Å². The van der Waals surface area contributed by atoms with Gasteiger partial charge in [-0.25, -0.2) is 0 Å². The molecule has 0 rings (SSSR count). The van der Waals surface area contributed by atoms with Crippen molar-refractivity contribution in [2.24, 2.45) is 0 Å². The van der Waals surface area contributed by atoms with Crippen LogP contribution >= 0.6 is 8.25 Å². The summed E-state index contributed by atoms with van der Waals surface area (Å²) in [6.07, 6.45) is 4.21. The molecular weight excluding hydrogens is 203 g/mol. The first-order chi connectivity index (χ1) is 4.77. The van der Waals surface area contributed by atoms with E-state index in [9.17, 15) is 9.46 Å². The number of rotatable bonds is 6. The minimum absolute atomic E-state index is 0. The Bertz CT molecular complexity index is 99.8. The van der Waals surface area contributed by atoms with Crippen LogP contribution in [-0.4, -0.2) is 6.61 Å². The average Bonchev–Trinajstić information content (AvgIpc) is 1.87. The molecule has 5 heteroatoms. The molecule has 0 radical (unpaired) electrons. The molecule has 0 saturated carbocycles. The van der Waals surface area contributed by atoms with Gasteiger partial charge in [0.05, 0.1) is 0 Å². The van der Waals surface area contributed by atoms with Crippen LogP contribution in [0.25, 0.3) is 0 Å². The van der Waals surface area contributed by atoms with Crippen LogP contribution in [0.15, 0.2) is 0 Å². The first kappa shape index (κ1) is 14.1. The molecule has 0 heterocycles. The Hall–Kier alpha value is 0.552. The van der Waals surface area contributed by atoms with Crippen molar-refractivity contribution in [2.45, 2.75) is 32.6 Å². The van der Waals surface area contributed by atoms with Gasteiger partial charge in [-0.3, -0.25) is 0 Å². The van der Waals surface area contributed by atoms with E-state index < -0.39 is 8.25 Å². The molecule has 0 spiro atoms. The molecule has 0 aliphatic heterocycles. The molecule has 3 nitrogen and oxygen atoms in total. The van der Waals surface area contributed by atoms with Crippen LogP contribution < -0.4 is 4.89 Å². The summed E-state index contributed by atoms with van der Waals surface area (Å²) in [7, 11) is -2.62. The molecule has 0 bridgehead atoms. The minimum Gasteiger partial charge on any atom is -0.566 e. The Morgan fingerprint density at radius 1 is 1.36 bits per heavy atom. The maximum absolute atomic E-state index is 9.85. The van der Waals surface area contributed by atoms with Crippen LogP contribution in [0, 0.1) is 0 Å². The zero-order chi connectivity index (χ0) is 7.82. The van der Waals surface area contributed by atoms with Gasteiger partial charge < -0.3 is 4.89 Å². The van der Waals surface area contributed by atoms with E-state index in [1.54, 1.807) is 0 Å². The van der Waals surface area contributed by atoms with E-state index in [1.165, 1.54) is 0 Å². The Morgan fingerprint density at radius 2 is 2.00 bits per heavy atom. The van der Waals surface area contributed by atoms with Crippen molar-refractivity contribution < 1.29 is 31.3 Å². The second-order valence-electron chi connectivity index (χ2n) is 2.12. The van der Waals surface area contributed by atoms with Gasteiger partial charge in [0.15, 0.2) is 0 Å². The second-order valence-corrected chi connectivity index (χ2v) is 2.82. The maximum atomic E-state index is 9.85. The molecule has 0 fully saturated rings. The molecule has 0 aromatic rings. The molecule has 0 aromatic carbocycles. The standard InChI is InChI=1S/C6H13O3P.Cr/c1-2-3-4-5-6-9-10(7)8;/h2-6H2,1H3;/q;+2. The number of unbranched alkanes of at least 4 members (excludes halogenated alkanes) is 3. The summed E-state index contributed by atoms with van der Waals surface area (Å²) in [6, 6.07) is 0. The summed E-state index contributed by atoms with van der Waals surface area (Å²) in [5.74, 6) is 0. The third-order valence-electron chi connectivity index (χ3n) is 1.19. The molecule has 64 valence electrons. The van der Waals surface area contributed by atoms with E-state index >= 15 is 0 Å². The molecule has 0 aliphatic rings. The molecule has 1 unspecified atom stereocenters. The number of hydrogen-bond donors (Lipinski definition) is 0. The predicted octanol–water partition coefficient (Wildman–Crippen LogP) is 1.60. The van der Waals surface area contributed by atoms with Gasteiger partial charge in [0.25, 0.3) is 0 Å².